The van der Waals surface area contributed by atoms with Crippen molar-refractivity contribution in [2.75, 3.05) is 18.5 Å². The molecule has 0 amide bonds. The zero-order valence-corrected chi connectivity index (χ0v) is 8.49. The average molecular weight is 207 g/mol. The number of anilines is 1. The largest absolute Gasteiger partial charge is 0.491 e. The van der Waals surface area contributed by atoms with Crippen LogP contribution in [0.4, 0.5) is 5.69 Å². The molecule has 0 spiro atoms. The summed E-state index contributed by atoms with van der Waals surface area (Å²) in [6.07, 6.45) is 0. The van der Waals surface area contributed by atoms with Crippen LogP contribution >= 0.6 is 0 Å². The minimum atomic E-state index is -0.920. The molecule has 1 aromatic rings. The van der Waals surface area contributed by atoms with Gasteiger partial charge in [-0.05, 0) is 18.2 Å². The Hall–Kier alpha value is -1.71. The van der Waals surface area contributed by atoms with E-state index in [0.717, 1.165) is 18.0 Å². The molecule has 80 valence electrons. The number of hydrogen-bond donors (Lipinski definition) is 2. The van der Waals surface area contributed by atoms with Gasteiger partial charge in [-0.3, -0.25) is 0 Å². The van der Waals surface area contributed by atoms with Gasteiger partial charge in [-0.1, -0.05) is 6.92 Å². The van der Waals surface area contributed by atoms with E-state index in [9.17, 15) is 4.79 Å². The molecule has 0 fully saturated rings. The molecule has 4 nitrogen and oxygen atoms in total. The van der Waals surface area contributed by atoms with Crippen LogP contribution in [-0.4, -0.2) is 24.2 Å². The van der Waals surface area contributed by atoms with Crippen molar-refractivity contribution in [3.63, 3.8) is 0 Å². The van der Waals surface area contributed by atoms with Crippen LogP contribution < -0.4 is 10.1 Å². The molecule has 0 bridgehead atoms. The van der Waals surface area contributed by atoms with Gasteiger partial charge in [-0.15, -0.1) is 0 Å². The maximum atomic E-state index is 10.8. The molecule has 0 saturated heterocycles. The Bertz CT molecular complexity index is 389. The Morgan fingerprint density at radius 3 is 3.13 bits per heavy atom. The van der Waals surface area contributed by atoms with Gasteiger partial charge in [-0.25, -0.2) is 4.79 Å². The van der Waals surface area contributed by atoms with E-state index >= 15 is 0 Å². The molecule has 0 aromatic heterocycles. The van der Waals surface area contributed by atoms with Crippen LogP contribution in [0.1, 0.15) is 17.3 Å². The van der Waals surface area contributed by atoms with E-state index in [2.05, 4.69) is 12.2 Å². The number of carboxylic acid groups (broad SMARTS) is 1. The molecule has 15 heavy (non-hydrogen) atoms. The third-order valence-electron chi connectivity index (χ3n) is 2.39. The number of fused-ring (bicyclic) bond motifs is 1. The van der Waals surface area contributed by atoms with Gasteiger partial charge in [-0.2, -0.15) is 0 Å². The van der Waals surface area contributed by atoms with Gasteiger partial charge >= 0.3 is 5.97 Å². The second-order valence-electron chi connectivity index (χ2n) is 3.81. The first-order chi connectivity index (χ1) is 7.16. The van der Waals surface area contributed by atoms with Gasteiger partial charge in [0.25, 0.3) is 0 Å². The summed E-state index contributed by atoms with van der Waals surface area (Å²) in [6, 6.07) is 4.86. The van der Waals surface area contributed by atoms with Crippen molar-refractivity contribution in [1.29, 1.82) is 0 Å². The number of ether oxygens (including phenoxy) is 1. The van der Waals surface area contributed by atoms with E-state index in [1.54, 1.807) is 18.2 Å². The van der Waals surface area contributed by atoms with E-state index in [4.69, 9.17) is 9.84 Å². The Labute approximate surface area is 87.9 Å². The lowest BCUT2D eigenvalue weighted by Crippen LogP contribution is -2.13. The fraction of sp³-hybridized carbons (Fsp3) is 0.364. The van der Waals surface area contributed by atoms with E-state index in [1.165, 1.54) is 0 Å². The molecule has 1 atom stereocenters. The van der Waals surface area contributed by atoms with Crippen molar-refractivity contribution in [3.05, 3.63) is 23.8 Å². The van der Waals surface area contributed by atoms with Crippen molar-refractivity contribution in [2.45, 2.75) is 6.92 Å². The van der Waals surface area contributed by atoms with E-state index in [0.29, 0.717) is 12.5 Å². The van der Waals surface area contributed by atoms with Crippen molar-refractivity contribution >= 4 is 11.7 Å². The summed E-state index contributed by atoms with van der Waals surface area (Å²) in [6.45, 7) is 3.54. The maximum absolute atomic E-state index is 10.8. The molecule has 0 saturated carbocycles. The number of carboxylic acids is 1. The smallest absolute Gasteiger partial charge is 0.335 e. The number of nitrogens with one attached hydrogen (secondary N) is 1. The highest BCUT2D eigenvalue weighted by Crippen LogP contribution is 2.28. The minimum Gasteiger partial charge on any atom is -0.491 e. The van der Waals surface area contributed by atoms with Gasteiger partial charge in [0.15, 0.2) is 0 Å². The highest BCUT2D eigenvalue weighted by Gasteiger charge is 2.14. The molecular weight excluding hydrogens is 194 g/mol. The van der Waals surface area contributed by atoms with Crippen LogP contribution in [0.15, 0.2) is 18.2 Å². The fourth-order valence-corrected chi connectivity index (χ4v) is 1.50. The van der Waals surface area contributed by atoms with Crippen molar-refractivity contribution in [3.8, 4) is 5.75 Å². The molecule has 4 heteroatoms. The topological polar surface area (TPSA) is 58.6 Å². The SMILES string of the molecule is CC1CNc2cc(C(=O)O)ccc2OC1. The molecule has 1 aliphatic rings. The van der Waals surface area contributed by atoms with E-state index < -0.39 is 5.97 Å². The lowest BCUT2D eigenvalue weighted by Gasteiger charge is -2.07. The molecule has 2 N–H and O–H groups in total. The predicted molar refractivity (Wildman–Crippen MR) is 56.6 cm³/mol. The first-order valence-electron chi connectivity index (χ1n) is 4.91. The number of aromatic carboxylic acids is 1. The molecule has 0 aliphatic carbocycles. The van der Waals surface area contributed by atoms with Crippen molar-refractivity contribution in [2.24, 2.45) is 5.92 Å². The van der Waals surface area contributed by atoms with Gasteiger partial charge in [0.1, 0.15) is 5.75 Å². The van der Waals surface area contributed by atoms with Crippen molar-refractivity contribution in [1.82, 2.24) is 0 Å². The van der Waals surface area contributed by atoms with E-state index in [1.807, 2.05) is 0 Å². The second kappa shape index (κ2) is 3.81. The Balaban J connectivity index is 2.32. The third kappa shape index (κ3) is 2.03. The summed E-state index contributed by atoms with van der Waals surface area (Å²) >= 11 is 0. The summed E-state index contributed by atoms with van der Waals surface area (Å²) in [4.78, 5) is 10.8. The van der Waals surface area contributed by atoms with Crippen LogP contribution in [0.5, 0.6) is 5.75 Å². The van der Waals surface area contributed by atoms with Gasteiger partial charge in [0.05, 0.1) is 17.9 Å². The molecule has 1 heterocycles. The van der Waals surface area contributed by atoms with Crippen LogP contribution in [0.25, 0.3) is 0 Å². The predicted octanol–water partition coefficient (Wildman–Crippen LogP) is 1.83. The third-order valence-corrected chi connectivity index (χ3v) is 2.39. The lowest BCUT2D eigenvalue weighted by atomic mass is 10.2. The van der Waals surface area contributed by atoms with Crippen LogP contribution in [-0.2, 0) is 0 Å². The molecule has 0 radical (unpaired) electrons. The Morgan fingerprint density at radius 2 is 2.40 bits per heavy atom. The summed E-state index contributed by atoms with van der Waals surface area (Å²) < 4.78 is 5.54. The Kier molecular flexibility index (Phi) is 2.49. The number of carbonyl (C=O) groups is 1. The van der Waals surface area contributed by atoms with Crippen LogP contribution in [0.2, 0.25) is 0 Å². The molecule has 2 rings (SSSR count). The van der Waals surface area contributed by atoms with Gasteiger partial charge in [0, 0.05) is 12.5 Å². The highest BCUT2D eigenvalue weighted by atomic mass is 16.5. The molecule has 1 unspecified atom stereocenters. The van der Waals surface area contributed by atoms with Crippen LogP contribution in [0, 0.1) is 5.92 Å². The lowest BCUT2D eigenvalue weighted by molar-refractivity contribution is 0.0697. The summed E-state index contributed by atoms with van der Waals surface area (Å²) in [7, 11) is 0. The molecule has 1 aromatic carbocycles. The zero-order chi connectivity index (χ0) is 10.8. The minimum absolute atomic E-state index is 0.277. The van der Waals surface area contributed by atoms with Crippen LogP contribution in [0.3, 0.4) is 0 Å². The standard InChI is InChI=1S/C11H13NO3/c1-7-5-12-9-4-8(11(13)14)2-3-10(9)15-6-7/h2-4,7,12H,5-6H2,1H3,(H,13,14). The Morgan fingerprint density at radius 1 is 1.60 bits per heavy atom. The number of benzene rings is 1. The molecular formula is C11H13NO3. The monoisotopic (exact) mass is 207 g/mol. The summed E-state index contributed by atoms with van der Waals surface area (Å²) in [5.74, 6) is 0.229. The summed E-state index contributed by atoms with van der Waals surface area (Å²) in [5.41, 5.74) is 1.04. The number of rotatable bonds is 1. The van der Waals surface area contributed by atoms with Crippen molar-refractivity contribution < 1.29 is 14.6 Å². The average Bonchev–Trinajstić information content (AvgIpc) is 2.40. The fourth-order valence-electron chi connectivity index (χ4n) is 1.50. The highest BCUT2D eigenvalue weighted by molar-refractivity contribution is 5.89. The second-order valence-corrected chi connectivity index (χ2v) is 3.81. The first kappa shape index (κ1) is 9.83. The van der Waals surface area contributed by atoms with Gasteiger partial charge < -0.3 is 15.2 Å². The zero-order valence-electron chi connectivity index (χ0n) is 8.49. The van der Waals surface area contributed by atoms with E-state index in [-0.39, 0.29) is 5.56 Å². The van der Waals surface area contributed by atoms with Gasteiger partial charge in [0.2, 0.25) is 0 Å². The first-order valence-corrected chi connectivity index (χ1v) is 4.91. The quantitative estimate of drug-likeness (QED) is 0.737. The normalized spacial score (nSPS) is 19.4. The molecule has 1 aliphatic heterocycles. The summed E-state index contributed by atoms with van der Waals surface area (Å²) in [5, 5.41) is 12.0. The maximum Gasteiger partial charge on any atom is 0.335 e. The number of hydrogen-bond acceptors (Lipinski definition) is 3.